The fourth-order valence-electron chi connectivity index (χ4n) is 1.08. The molecular formula is C11H17FO. The topological polar surface area (TPSA) is 20.2 Å². The van der Waals surface area contributed by atoms with Crippen molar-refractivity contribution in [3.05, 3.63) is 35.1 Å². The molecule has 0 amide bonds. The van der Waals surface area contributed by atoms with Crippen LogP contribution < -0.4 is 0 Å². The zero-order valence-electron chi connectivity index (χ0n) is 8.63. The summed E-state index contributed by atoms with van der Waals surface area (Å²) in [6, 6.07) is 4.72. The van der Waals surface area contributed by atoms with Crippen LogP contribution in [0.1, 0.15) is 38.0 Å². The zero-order valence-corrected chi connectivity index (χ0v) is 8.63. The first-order valence-electron chi connectivity index (χ1n) is 4.56. The van der Waals surface area contributed by atoms with Gasteiger partial charge in [-0.15, -0.1) is 0 Å². The van der Waals surface area contributed by atoms with Crippen LogP contribution >= 0.6 is 0 Å². The predicted octanol–water partition coefficient (Wildman–Crippen LogP) is 3.21. The minimum Gasteiger partial charge on any atom is -0.389 e. The standard InChI is InChI=1S/C9H11FO.C2H6/c1-6-8(7(2)11)4-3-5-9(6)10;1-2/h3-5,7,11H,1-2H3;1-2H3. The van der Waals surface area contributed by atoms with Gasteiger partial charge in [-0.05, 0) is 31.0 Å². The highest BCUT2D eigenvalue weighted by atomic mass is 19.1. The van der Waals surface area contributed by atoms with Gasteiger partial charge in [0, 0.05) is 0 Å². The molecule has 2 heteroatoms. The molecule has 0 saturated carbocycles. The van der Waals surface area contributed by atoms with Crippen LogP contribution in [0.15, 0.2) is 18.2 Å². The van der Waals surface area contributed by atoms with Gasteiger partial charge in [-0.3, -0.25) is 0 Å². The van der Waals surface area contributed by atoms with Gasteiger partial charge in [0.2, 0.25) is 0 Å². The second kappa shape index (κ2) is 5.70. The first-order valence-corrected chi connectivity index (χ1v) is 4.56. The molecule has 1 nitrogen and oxygen atoms in total. The maximum atomic E-state index is 12.8. The number of hydrogen-bond acceptors (Lipinski definition) is 1. The second-order valence-electron chi connectivity index (χ2n) is 2.63. The molecule has 1 atom stereocenters. The molecule has 1 aromatic carbocycles. The third-order valence-corrected chi connectivity index (χ3v) is 1.76. The smallest absolute Gasteiger partial charge is 0.126 e. The second-order valence-corrected chi connectivity index (χ2v) is 2.63. The summed E-state index contributed by atoms with van der Waals surface area (Å²) in [4.78, 5) is 0. The highest BCUT2D eigenvalue weighted by molar-refractivity contribution is 5.28. The van der Waals surface area contributed by atoms with E-state index < -0.39 is 6.10 Å². The molecule has 0 spiro atoms. The van der Waals surface area contributed by atoms with Crippen molar-refractivity contribution < 1.29 is 9.50 Å². The van der Waals surface area contributed by atoms with E-state index in [-0.39, 0.29) is 5.82 Å². The van der Waals surface area contributed by atoms with Crippen molar-refractivity contribution in [3.63, 3.8) is 0 Å². The van der Waals surface area contributed by atoms with E-state index in [1.807, 2.05) is 13.8 Å². The van der Waals surface area contributed by atoms with Crippen LogP contribution in [0, 0.1) is 12.7 Å². The monoisotopic (exact) mass is 184 g/mol. The first kappa shape index (κ1) is 12.1. The van der Waals surface area contributed by atoms with Crippen molar-refractivity contribution in [3.8, 4) is 0 Å². The van der Waals surface area contributed by atoms with E-state index in [1.165, 1.54) is 6.07 Å². The summed E-state index contributed by atoms with van der Waals surface area (Å²) in [5.74, 6) is -0.261. The molecule has 0 bridgehead atoms. The van der Waals surface area contributed by atoms with Crippen LogP contribution in [-0.2, 0) is 0 Å². The molecule has 1 unspecified atom stereocenters. The van der Waals surface area contributed by atoms with Crippen LogP contribution in [0.5, 0.6) is 0 Å². The summed E-state index contributed by atoms with van der Waals surface area (Å²) in [5.41, 5.74) is 1.19. The number of halogens is 1. The normalized spacial score (nSPS) is 11.5. The van der Waals surface area contributed by atoms with Gasteiger partial charge in [0.05, 0.1) is 6.10 Å². The van der Waals surface area contributed by atoms with Crippen molar-refractivity contribution in [2.75, 3.05) is 0 Å². The van der Waals surface area contributed by atoms with Gasteiger partial charge in [-0.2, -0.15) is 0 Å². The van der Waals surface area contributed by atoms with E-state index in [4.69, 9.17) is 5.11 Å². The Hall–Kier alpha value is -0.890. The van der Waals surface area contributed by atoms with Gasteiger partial charge < -0.3 is 5.11 Å². The van der Waals surface area contributed by atoms with Gasteiger partial charge in [-0.25, -0.2) is 4.39 Å². The predicted molar refractivity (Wildman–Crippen MR) is 53.1 cm³/mol. The third kappa shape index (κ3) is 3.15. The molecule has 0 aliphatic carbocycles. The van der Waals surface area contributed by atoms with Crippen LogP contribution in [0.3, 0.4) is 0 Å². The molecule has 0 aliphatic rings. The zero-order chi connectivity index (χ0) is 10.4. The van der Waals surface area contributed by atoms with Crippen LogP contribution in [0.25, 0.3) is 0 Å². The van der Waals surface area contributed by atoms with E-state index in [0.29, 0.717) is 11.1 Å². The molecule has 0 aliphatic heterocycles. The van der Waals surface area contributed by atoms with E-state index in [9.17, 15) is 4.39 Å². The highest BCUT2D eigenvalue weighted by Gasteiger charge is 2.06. The molecule has 0 radical (unpaired) electrons. The summed E-state index contributed by atoms with van der Waals surface area (Å²) >= 11 is 0. The highest BCUT2D eigenvalue weighted by Crippen LogP contribution is 2.18. The summed E-state index contributed by atoms with van der Waals surface area (Å²) in [7, 11) is 0. The van der Waals surface area contributed by atoms with Gasteiger partial charge in [0.15, 0.2) is 0 Å². The Bertz CT molecular complexity index is 256. The average molecular weight is 184 g/mol. The number of benzene rings is 1. The van der Waals surface area contributed by atoms with Gasteiger partial charge in [-0.1, -0.05) is 26.0 Å². The first-order chi connectivity index (χ1) is 6.13. The van der Waals surface area contributed by atoms with Crippen LogP contribution in [0.2, 0.25) is 0 Å². The Morgan fingerprint density at radius 3 is 2.23 bits per heavy atom. The molecular weight excluding hydrogens is 167 g/mol. The van der Waals surface area contributed by atoms with E-state index in [2.05, 4.69) is 0 Å². The molecule has 0 heterocycles. The lowest BCUT2D eigenvalue weighted by Crippen LogP contribution is -1.96. The lowest BCUT2D eigenvalue weighted by atomic mass is 10.0. The van der Waals surface area contributed by atoms with Crippen molar-refractivity contribution in [1.29, 1.82) is 0 Å². The van der Waals surface area contributed by atoms with E-state index in [0.717, 1.165) is 0 Å². The lowest BCUT2D eigenvalue weighted by Gasteiger charge is -2.08. The molecule has 0 fully saturated rings. The fourth-order valence-corrected chi connectivity index (χ4v) is 1.08. The van der Waals surface area contributed by atoms with Crippen molar-refractivity contribution in [2.45, 2.75) is 33.8 Å². The molecule has 1 N–H and O–H groups in total. The Morgan fingerprint density at radius 2 is 1.85 bits per heavy atom. The average Bonchev–Trinajstić information content (AvgIpc) is 2.13. The lowest BCUT2D eigenvalue weighted by molar-refractivity contribution is 0.198. The SMILES string of the molecule is CC.Cc1c(F)cccc1C(C)O. The van der Waals surface area contributed by atoms with Crippen molar-refractivity contribution >= 4 is 0 Å². The number of rotatable bonds is 1. The minimum atomic E-state index is -0.592. The van der Waals surface area contributed by atoms with Crippen LogP contribution in [-0.4, -0.2) is 5.11 Å². The largest absolute Gasteiger partial charge is 0.389 e. The quantitative estimate of drug-likeness (QED) is 0.710. The van der Waals surface area contributed by atoms with Crippen LogP contribution in [0.4, 0.5) is 4.39 Å². The summed E-state index contributed by atoms with van der Waals surface area (Å²) in [5, 5.41) is 9.16. The molecule has 0 aromatic heterocycles. The maximum absolute atomic E-state index is 12.8. The van der Waals surface area contributed by atoms with E-state index in [1.54, 1.807) is 26.0 Å². The maximum Gasteiger partial charge on any atom is 0.126 e. The number of hydrogen-bond donors (Lipinski definition) is 1. The molecule has 13 heavy (non-hydrogen) atoms. The number of aliphatic hydroxyl groups is 1. The van der Waals surface area contributed by atoms with Crippen molar-refractivity contribution in [1.82, 2.24) is 0 Å². The van der Waals surface area contributed by atoms with Gasteiger partial charge >= 0.3 is 0 Å². The third-order valence-electron chi connectivity index (χ3n) is 1.76. The van der Waals surface area contributed by atoms with Gasteiger partial charge in [0.25, 0.3) is 0 Å². The molecule has 74 valence electrons. The Morgan fingerprint density at radius 1 is 1.31 bits per heavy atom. The summed E-state index contributed by atoms with van der Waals surface area (Å²) in [6.07, 6.45) is -0.592. The Labute approximate surface area is 79.2 Å². The summed E-state index contributed by atoms with van der Waals surface area (Å²) in [6.45, 7) is 7.29. The molecule has 1 rings (SSSR count). The minimum absolute atomic E-state index is 0.261. The van der Waals surface area contributed by atoms with E-state index >= 15 is 0 Å². The number of aliphatic hydroxyl groups excluding tert-OH is 1. The Balaban J connectivity index is 0.000000671. The summed E-state index contributed by atoms with van der Waals surface area (Å²) < 4.78 is 12.8. The molecule has 1 aromatic rings. The Kier molecular flexibility index (Phi) is 5.31. The molecule has 0 saturated heterocycles. The van der Waals surface area contributed by atoms with Gasteiger partial charge in [0.1, 0.15) is 5.82 Å². The fraction of sp³-hybridized carbons (Fsp3) is 0.455. The van der Waals surface area contributed by atoms with Crippen molar-refractivity contribution in [2.24, 2.45) is 0 Å².